The van der Waals surface area contributed by atoms with E-state index in [0.29, 0.717) is 31.1 Å². The van der Waals surface area contributed by atoms with Crippen molar-refractivity contribution >= 4 is 5.69 Å². The van der Waals surface area contributed by atoms with E-state index >= 15 is 0 Å². The Kier molecular flexibility index (Phi) is 6.30. The first-order valence-corrected chi connectivity index (χ1v) is 11.2. The van der Waals surface area contributed by atoms with Crippen LogP contribution >= 0.6 is 0 Å². The number of β-amino-alcohol motifs (C(OH)–C–C–N with tert-alkyl or cyclic N) is 1. The third-order valence-electron chi connectivity index (χ3n) is 6.63. The lowest BCUT2D eigenvalue weighted by Gasteiger charge is -2.46. The molecule has 1 aromatic carbocycles. The summed E-state index contributed by atoms with van der Waals surface area (Å²) in [5.74, 6) is 0.0979. The maximum atomic E-state index is 13.9. The molecule has 2 aliphatic rings. The molecule has 34 heavy (non-hydrogen) atoms. The monoisotopic (exact) mass is 464 g/mol. The highest BCUT2D eigenvalue weighted by atomic mass is 19.1. The molecule has 2 fully saturated rings. The maximum Gasteiger partial charge on any atom is 0.225 e. The number of aliphatic hydroxyl groups excluding tert-OH is 1. The van der Waals surface area contributed by atoms with Gasteiger partial charge in [0.15, 0.2) is 5.82 Å². The average molecular weight is 465 g/mol. The van der Waals surface area contributed by atoms with E-state index in [2.05, 4.69) is 35.2 Å². The Morgan fingerprint density at radius 2 is 2.15 bits per heavy atom. The number of piperazine rings is 1. The summed E-state index contributed by atoms with van der Waals surface area (Å²) in [4.78, 5) is 12.3. The number of halogens is 1. The SMILES string of the molecule is [C-]#[N+]c1c(F)ccc([C@H]2CN3CCN(CC(O)c4ccc(-n5cnnn5)nc4)C[C@H]3CO2)c1C. The third kappa shape index (κ3) is 4.41. The molecule has 1 N–H and O–H groups in total. The van der Waals surface area contributed by atoms with Crippen molar-refractivity contribution in [1.29, 1.82) is 0 Å². The molecule has 5 rings (SSSR count). The van der Waals surface area contributed by atoms with Crippen LogP contribution in [0.2, 0.25) is 0 Å². The van der Waals surface area contributed by atoms with Crippen molar-refractivity contribution in [2.75, 3.05) is 39.3 Å². The molecule has 0 spiro atoms. The second-order valence-electron chi connectivity index (χ2n) is 8.67. The van der Waals surface area contributed by atoms with Gasteiger partial charge in [0.05, 0.1) is 25.4 Å². The maximum absolute atomic E-state index is 13.9. The van der Waals surface area contributed by atoms with Crippen molar-refractivity contribution in [2.45, 2.75) is 25.2 Å². The number of hydrogen-bond acceptors (Lipinski definition) is 8. The third-order valence-corrected chi connectivity index (χ3v) is 6.63. The molecule has 10 nitrogen and oxygen atoms in total. The molecule has 0 saturated carbocycles. The molecule has 0 amide bonds. The molecular formula is C23H25FN8O2. The molecule has 2 aliphatic heterocycles. The minimum Gasteiger partial charge on any atom is -0.387 e. The van der Waals surface area contributed by atoms with E-state index in [4.69, 9.17) is 11.3 Å². The highest BCUT2D eigenvalue weighted by Gasteiger charge is 2.35. The van der Waals surface area contributed by atoms with Gasteiger partial charge in [0.1, 0.15) is 12.1 Å². The predicted octanol–water partition coefficient (Wildman–Crippen LogP) is 1.85. The second kappa shape index (κ2) is 9.52. The number of benzene rings is 1. The van der Waals surface area contributed by atoms with Gasteiger partial charge in [-0.25, -0.2) is 14.2 Å². The van der Waals surface area contributed by atoms with Crippen molar-refractivity contribution in [1.82, 2.24) is 35.0 Å². The molecular weight excluding hydrogens is 439 g/mol. The first-order valence-electron chi connectivity index (χ1n) is 11.2. The zero-order valence-electron chi connectivity index (χ0n) is 18.7. The van der Waals surface area contributed by atoms with Crippen LogP contribution in [0.4, 0.5) is 10.1 Å². The number of aliphatic hydroxyl groups is 1. The molecule has 1 unspecified atom stereocenters. The van der Waals surface area contributed by atoms with Gasteiger partial charge in [-0.2, -0.15) is 4.68 Å². The minimum absolute atomic E-state index is 0.0718. The minimum atomic E-state index is -0.659. The molecule has 0 bridgehead atoms. The van der Waals surface area contributed by atoms with Crippen LogP contribution in [0.3, 0.4) is 0 Å². The molecule has 2 saturated heterocycles. The Hall–Kier alpha value is -3.30. The number of morpholine rings is 1. The van der Waals surface area contributed by atoms with Gasteiger partial charge < -0.3 is 9.84 Å². The summed E-state index contributed by atoms with van der Waals surface area (Å²) < 4.78 is 21.5. The molecule has 0 radical (unpaired) electrons. The summed E-state index contributed by atoms with van der Waals surface area (Å²) in [6.45, 7) is 13.3. The van der Waals surface area contributed by atoms with Crippen LogP contribution in [0.1, 0.15) is 28.9 Å². The quantitative estimate of drug-likeness (QED) is 0.572. The smallest absolute Gasteiger partial charge is 0.225 e. The normalized spacial score (nSPS) is 22.2. The fourth-order valence-corrected chi connectivity index (χ4v) is 4.72. The Balaban J connectivity index is 1.18. The van der Waals surface area contributed by atoms with E-state index in [1.807, 2.05) is 6.07 Å². The van der Waals surface area contributed by atoms with Gasteiger partial charge in [-0.05, 0) is 40.6 Å². The lowest BCUT2D eigenvalue weighted by molar-refractivity contribution is -0.0939. The lowest BCUT2D eigenvalue weighted by Crippen LogP contribution is -2.58. The molecule has 0 aliphatic carbocycles. The largest absolute Gasteiger partial charge is 0.387 e. The van der Waals surface area contributed by atoms with E-state index in [1.54, 1.807) is 25.3 Å². The fraction of sp³-hybridized carbons (Fsp3) is 0.435. The number of hydrogen-bond donors (Lipinski definition) is 1. The Bertz CT molecular complexity index is 1180. The predicted molar refractivity (Wildman–Crippen MR) is 120 cm³/mol. The number of ether oxygens (including phenoxy) is 1. The Morgan fingerprint density at radius 1 is 1.26 bits per heavy atom. The molecule has 3 atom stereocenters. The lowest BCUT2D eigenvalue weighted by atomic mass is 9.98. The van der Waals surface area contributed by atoms with Crippen molar-refractivity contribution in [3.8, 4) is 5.82 Å². The van der Waals surface area contributed by atoms with Crippen molar-refractivity contribution in [3.05, 3.63) is 70.7 Å². The van der Waals surface area contributed by atoms with Gasteiger partial charge in [0, 0.05) is 50.5 Å². The van der Waals surface area contributed by atoms with Crippen LogP contribution in [0.5, 0.6) is 0 Å². The molecule has 11 heteroatoms. The van der Waals surface area contributed by atoms with E-state index in [1.165, 1.54) is 17.1 Å². The van der Waals surface area contributed by atoms with Crippen LogP contribution < -0.4 is 0 Å². The first-order chi connectivity index (χ1) is 16.5. The standard InChI is InChI=1S/C23H25FN8O2/c1-15-18(4-5-19(24)23(15)25-2)21-12-31-8-7-30(10-17(31)13-34-21)11-20(33)16-3-6-22(26-9-16)32-14-27-28-29-32/h3-6,9,14,17,20-21,33H,7-8,10-13H2,1H3/t17-,20?,21+/m0/s1. The van der Waals surface area contributed by atoms with Crippen LogP contribution in [0, 0.1) is 19.3 Å². The van der Waals surface area contributed by atoms with Gasteiger partial charge in [-0.3, -0.25) is 9.80 Å². The fourth-order valence-electron chi connectivity index (χ4n) is 4.72. The molecule has 2 aromatic heterocycles. The summed E-state index contributed by atoms with van der Waals surface area (Å²) in [5.41, 5.74) is 2.34. The molecule has 176 valence electrons. The number of tetrazole rings is 1. The highest BCUT2D eigenvalue weighted by Crippen LogP contribution is 2.34. The van der Waals surface area contributed by atoms with E-state index in [-0.39, 0.29) is 17.8 Å². The van der Waals surface area contributed by atoms with Gasteiger partial charge in [0.2, 0.25) is 5.69 Å². The van der Waals surface area contributed by atoms with Crippen LogP contribution in [0.15, 0.2) is 36.8 Å². The molecule has 4 heterocycles. The van der Waals surface area contributed by atoms with Gasteiger partial charge in [0.25, 0.3) is 0 Å². The van der Waals surface area contributed by atoms with Gasteiger partial charge >= 0.3 is 0 Å². The zero-order chi connectivity index (χ0) is 23.7. The van der Waals surface area contributed by atoms with E-state index in [0.717, 1.165) is 30.8 Å². The van der Waals surface area contributed by atoms with Crippen molar-refractivity contribution in [3.63, 3.8) is 0 Å². The van der Waals surface area contributed by atoms with Crippen LogP contribution in [-0.4, -0.2) is 85.5 Å². The van der Waals surface area contributed by atoms with Crippen molar-refractivity contribution < 1.29 is 14.2 Å². The number of fused-ring (bicyclic) bond motifs is 1. The summed E-state index contributed by atoms with van der Waals surface area (Å²) in [7, 11) is 0. The number of aromatic nitrogens is 5. The average Bonchev–Trinajstić information content (AvgIpc) is 3.39. The van der Waals surface area contributed by atoms with Gasteiger partial charge in [-0.1, -0.05) is 12.1 Å². The number of pyridine rings is 1. The topological polar surface area (TPSA) is 96.8 Å². The summed E-state index contributed by atoms with van der Waals surface area (Å²) in [6, 6.07) is 6.92. The highest BCUT2D eigenvalue weighted by molar-refractivity contribution is 5.56. The second-order valence-corrected chi connectivity index (χ2v) is 8.67. The van der Waals surface area contributed by atoms with Crippen molar-refractivity contribution in [2.24, 2.45) is 0 Å². The summed E-state index contributed by atoms with van der Waals surface area (Å²) >= 11 is 0. The number of nitrogens with zero attached hydrogens (tertiary/aromatic N) is 8. The van der Waals surface area contributed by atoms with E-state index in [9.17, 15) is 9.50 Å². The number of rotatable bonds is 5. The summed E-state index contributed by atoms with van der Waals surface area (Å²) in [5, 5.41) is 21.8. The first kappa shape index (κ1) is 22.5. The van der Waals surface area contributed by atoms with Crippen LogP contribution in [-0.2, 0) is 4.74 Å². The molecule has 3 aromatic rings. The van der Waals surface area contributed by atoms with Crippen LogP contribution in [0.25, 0.3) is 10.7 Å². The Morgan fingerprint density at radius 3 is 2.88 bits per heavy atom. The van der Waals surface area contributed by atoms with Gasteiger partial charge in [-0.15, -0.1) is 5.10 Å². The zero-order valence-corrected chi connectivity index (χ0v) is 18.7. The Labute approximate surface area is 196 Å². The summed E-state index contributed by atoms with van der Waals surface area (Å²) in [6.07, 6.45) is 2.28. The van der Waals surface area contributed by atoms with E-state index < -0.39 is 11.9 Å².